The highest BCUT2D eigenvalue weighted by Gasteiger charge is 2.42. The van der Waals surface area contributed by atoms with E-state index < -0.39 is 12.1 Å². The van der Waals surface area contributed by atoms with Gasteiger partial charge in [0.25, 0.3) is 0 Å². The lowest BCUT2D eigenvalue weighted by molar-refractivity contribution is -0.283. The third-order valence-electron chi connectivity index (χ3n) is 2.65. The van der Waals surface area contributed by atoms with Crippen LogP contribution in [-0.4, -0.2) is 35.9 Å². The number of rotatable bonds is 4. The van der Waals surface area contributed by atoms with Crippen molar-refractivity contribution in [3.63, 3.8) is 0 Å². The van der Waals surface area contributed by atoms with Crippen molar-refractivity contribution in [1.29, 1.82) is 0 Å². The maximum absolute atomic E-state index is 9.62. The van der Waals surface area contributed by atoms with Crippen molar-refractivity contribution in [2.75, 3.05) is 13.7 Å². The van der Waals surface area contributed by atoms with Crippen LogP contribution in [-0.2, 0) is 4.74 Å². The number of benzene rings is 1. The molecule has 1 atom stereocenters. The fourth-order valence-electron chi connectivity index (χ4n) is 1.59. The van der Waals surface area contributed by atoms with Crippen LogP contribution in [0.2, 0.25) is 0 Å². The van der Waals surface area contributed by atoms with Crippen molar-refractivity contribution in [2.45, 2.75) is 32.7 Å². The van der Waals surface area contributed by atoms with Gasteiger partial charge in [-0.2, -0.15) is 0 Å². The number of hydrogen-bond acceptors (Lipinski definition) is 5. The van der Waals surface area contributed by atoms with Crippen LogP contribution in [0, 0.1) is 0 Å². The molecule has 0 aliphatic carbocycles. The summed E-state index contributed by atoms with van der Waals surface area (Å²) in [7, 11) is 1.35. The summed E-state index contributed by atoms with van der Waals surface area (Å²) in [6, 6.07) is 5.03. The summed E-state index contributed by atoms with van der Waals surface area (Å²) >= 11 is 0. The largest absolute Gasteiger partial charge is 0.504 e. The van der Waals surface area contributed by atoms with E-state index in [1.54, 1.807) is 18.2 Å². The number of phenols is 1. The van der Waals surface area contributed by atoms with Gasteiger partial charge in [-0.05, 0) is 18.6 Å². The van der Waals surface area contributed by atoms with Crippen molar-refractivity contribution < 1.29 is 29.2 Å². The number of amides is 1. The molecule has 0 bridgehead atoms. The Morgan fingerprint density at radius 2 is 2.05 bits per heavy atom. The number of aromatic hydroxyl groups is 1. The van der Waals surface area contributed by atoms with E-state index in [1.165, 1.54) is 7.05 Å². The van der Waals surface area contributed by atoms with Gasteiger partial charge < -0.3 is 29.7 Å². The fourth-order valence-corrected chi connectivity index (χ4v) is 1.59. The summed E-state index contributed by atoms with van der Waals surface area (Å²) in [6.45, 7) is 4.49. The fraction of sp³-hybridized carbons (Fsp3) is 0.500. The molecule has 0 spiro atoms. The number of hydrogen-bond donors (Lipinski definition) is 3. The smallest absolute Gasteiger partial charge is 0.404 e. The predicted octanol–water partition coefficient (Wildman–Crippen LogP) is 2.54. The number of carboxylic acid groups (broad SMARTS) is 1. The highest BCUT2D eigenvalue weighted by Crippen LogP contribution is 2.46. The minimum atomic E-state index is -1.07. The van der Waals surface area contributed by atoms with Crippen LogP contribution in [0.15, 0.2) is 18.2 Å². The number of carbonyl (C=O) groups is 1. The topological polar surface area (TPSA) is 97.3 Å². The highest BCUT2D eigenvalue weighted by molar-refractivity contribution is 5.63. The third kappa shape index (κ3) is 4.42. The van der Waals surface area contributed by atoms with Gasteiger partial charge in [-0.15, -0.1) is 0 Å². The Kier molecular flexibility index (Phi) is 6.10. The maximum atomic E-state index is 9.62. The number of para-hydroxylation sites is 1. The number of ether oxygens (including phenoxy) is 3. The van der Waals surface area contributed by atoms with Gasteiger partial charge in [0.05, 0.1) is 13.0 Å². The van der Waals surface area contributed by atoms with Crippen molar-refractivity contribution in [1.82, 2.24) is 5.32 Å². The molecule has 1 unspecified atom stereocenters. The average Bonchev–Trinajstić information content (AvgIpc) is 2.87. The molecular formula is C14H21NO6. The molecule has 7 heteroatoms. The first kappa shape index (κ1) is 16.9. The molecule has 7 nitrogen and oxygen atoms in total. The van der Waals surface area contributed by atoms with Gasteiger partial charge in [0.15, 0.2) is 11.5 Å². The van der Waals surface area contributed by atoms with Crippen LogP contribution < -0.4 is 14.8 Å². The van der Waals surface area contributed by atoms with Crippen molar-refractivity contribution >= 4 is 6.09 Å². The first-order chi connectivity index (χ1) is 9.98. The molecule has 1 heterocycles. The number of fused-ring (bicyclic) bond motifs is 1. The van der Waals surface area contributed by atoms with E-state index in [-0.39, 0.29) is 5.75 Å². The molecule has 1 aromatic rings. The molecule has 0 radical (unpaired) electrons. The van der Waals surface area contributed by atoms with Crippen LogP contribution in [0.1, 0.15) is 26.7 Å². The van der Waals surface area contributed by atoms with Crippen molar-refractivity contribution in [3.05, 3.63) is 18.2 Å². The lowest BCUT2D eigenvalue weighted by Crippen LogP contribution is -2.41. The standard InChI is InChI=1S/C12H16O4.C2H5NO2/c1-3-8-14-12(4-2)15-10-7-5-6-9(13)11(10)16-12;1-3-2(4)5/h5-7,13H,3-4,8H2,1-2H3;3H,1H3,(H,4,5). The Balaban J connectivity index is 0.000000383. The SMILES string of the molecule is CCCOC1(CC)Oc2cccc(O)c2O1.CNC(=O)O. The van der Waals surface area contributed by atoms with Gasteiger partial charge in [-0.25, -0.2) is 4.79 Å². The van der Waals surface area contributed by atoms with Gasteiger partial charge in [0.2, 0.25) is 5.75 Å². The summed E-state index contributed by atoms with van der Waals surface area (Å²) in [6.07, 6.45) is 0.447. The molecule has 0 aromatic heterocycles. The Labute approximate surface area is 123 Å². The van der Waals surface area contributed by atoms with Crippen LogP contribution in [0.25, 0.3) is 0 Å². The zero-order valence-electron chi connectivity index (χ0n) is 12.4. The van der Waals surface area contributed by atoms with E-state index in [1.807, 2.05) is 19.2 Å². The molecular weight excluding hydrogens is 278 g/mol. The molecule has 1 aliphatic rings. The molecule has 0 saturated heterocycles. The highest BCUT2D eigenvalue weighted by atomic mass is 16.9. The molecule has 21 heavy (non-hydrogen) atoms. The van der Waals surface area contributed by atoms with Crippen LogP contribution in [0.3, 0.4) is 0 Å². The first-order valence-corrected chi connectivity index (χ1v) is 6.72. The zero-order chi connectivity index (χ0) is 15.9. The minimum absolute atomic E-state index is 0.0768. The molecule has 1 amide bonds. The summed E-state index contributed by atoms with van der Waals surface area (Å²) in [4.78, 5) is 9.26. The van der Waals surface area contributed by atoms with Crippen molar-refractivity contribution in [3.8, 4) is 17.2 Å². The molecule has 2 rings (SSSR count). The molecule has 118 valence electrons. The normalized spacial score (nSPS) is 18.6. The van der Waals surface area contributed by atoms with E-state index in [0.29, 0.717) is 24.5 Å². The summed E-state index contributed by atoms with van der Waals surface area (Å²) in [5.41, 5.74) is 0. The monoisotopic (exact) mass is 299 g/mol. The Morgan fingerprint density at radius 3 is 2.52 bits per heavy atom. The molecule has 1 aliphatic heterocycles. The molecule has 0 fully saturated rings. The van der Waals surface area contributed by atoms with Gasteiger partial charge >= 0.3 is 12.1 Å². The van der Waals surface area contributed by atoms with Crippen LogP contribution >= 0.6 is 0 Å². The second kappa shape index (κ2) is 7.58. The minimum Gasteiger partial charge on any atom is -0.504 e. The van der Waals surface area contributed by atoms with Crippen molar-refractivity contribution in [2.24, 2.45) is 0 Å². The van der Waals surface area contributed by atoms with E-state index in [0.717, 1.165) is 6.42 Å². The average molecular weight is 299 g/mol. The Morgan fingerprint density at radius 1 is 1.38 bits per heavy atom. The number of nitrogens with one attached hydrogen (secondary N) is 1. The number of phenolic OH excluding ortho intramolecular Hbond substituents is 1. The quantitative estimate of drug-likeness (QED) is 0.790. The first-order valence-electron chi connectivity index (χ1n) is 6.72. The second-order valence-corrected chi connectivity index (χ2v) is 4.25. The summed E-state index contributed by atoms with van der Waals surface area (Å²) < 4.78 is 16.8. The van der Waals surface area contributed by atoms with E-state index in [2.05, 4.69) is 0 Å². The summed E-state index contributed by atoms with van der Waals surface area (Å²) in [5, 5.41) is 19.2. The lowest BCUT2D eigenvalue weighted by atomic mass is 10.3. The summed E-state index contributed by atoms with van der Waals surface area (Å²) in [5.74, 6) is -0.108. The van der Waals surface area contributed by atoms with Crippen LogP contribution in [0.5, 0.6) is 17.2 Å². The van der Waals surface area contributed by atoms with Gasteiger partial charge in [0, 0.05) is 7.05 Å². The van der Waals surface area contributed by atoms with E-state index >= 15 is 0 Å². The zero-order valence-corrected chi connectivity index (χ0v) is 12.4. The van der Waals surface area contributed by atoms with E-state index in [4.69, 9.17) is 19.3 Å². The Bertz CT molecular complexity index is 479. The second-order valence-electron chi connectivity index (χ2n) is 4.25. The van der Waals surface area contributed by atoms with E-state index in [9.17, 15) is 9.90 Å². The van der Waals surface area contributed by atoms with Gasteiger partial charge in [-0.3, -0.25) is 0 Å². The maximum Gasteiger partial charge on any atom is 0.404 e. The van der Waals surface area contributed by atoms with Gasteiger partial charge in [0.1, 0.15) is 0 Å². The van der Waals surface area contributed by atoms with Gasteiger partial charge in [-0.1, -0.05) is 19.9 Å². The van der Waals surface area contributed by atoms with Crippen LogP contribution in [0.4, 0.5) is 4.79 Å². The Hall–Kier alpha value is -2.15. The lowest BCUT2D eigenvalue weighted by Gasteiger charge is -2.25. The third-order valence-corrected chi connectivity index (χ3v) is 2.65. The molecule has 3 N–H and O–H groups in total. The molecule has 1 aromatic carbocycles. The predicted molar refractivity (Wildman–Crippen MR) is 75.7 cm³/mol. The molecule has 0 saturated carbocycles.